The average Bonchev–Trinajstić information content (AvgIpc) is 2.18. The van der Waals surface area contributed by atoms with Crippen LogP contribution >= 0.6 is 8.03 Å². The van der Waals surface area contributed by atoms with Crippen LogP contribution in [-0.4, -0.2) is 19.5 Å². The summed E-state index contributed by atoms with van der Waals surface area (Å²) in [5.41, 5.74) is 0. The fourth-order valence-corrected chi connectivity index (χ4v) is 2.42. The zero-order valence-corrected chi connectivity index (χ0v) is 9.49. The molecule has 80 valence electrons. The Labute approximate surface area is 89.0 Å². The van der Waals surface area contributed by atoms with E-state index in [9.17, 15) is 13.0 Å². The van der Waals surface area contributed by atoms with E-state index >= 15 is 0 Å². The van der Waals surface area contributed by atoms with E-state index in [0.29, 0.717) is 0 Å². The van der Waals surface area contributed by atoms with E-state index in [-0.39, 0.29) is 11.1 Å². The van der Waals surface area contributed by atoms with Gasteiger partial charge >= 0.3 is 8.03 Å². The van der Waals surface area contributed by atoms with E-state index in [1.54, 1.807) is 18.2 Å². The summed E-state index contributed by atoms with van der Waals surface area (Å²) in [6.07, 6.45) is 1.03. The molecule has 1 aromatic rings. The van der Waals surface area contributed by atoms with Crippen molar-refractivity contribution < 1.29 is 17.9 Å². The molecule has 0 saturated carbocycles. The van der Waals surface area contributed by atoms with Crippen molar-refractivity contribution in [2.75, 3.05) is 6.16 Å². The highest BCUT2D eigenvalue weighted by Gasteiger charge is 2.11. The van der Waals surface area contributed by atoms with E-state index in [4.69, 9.17) is 4.89 Å². The Hall–Kier alpha value is -1.03. The molecular formula is C9H10O4PS+. The number of hydrogen-bond acceptors (Lipinski definition) is 3. The van der Waals surface area contributed by atoms with Gasteiger partial charge in [-0.3, -0.25) is 0 Å². The van der Waals surface area contributed by atoms with Crippen molar-refractivity contribution in [3.05, 3.63) is 41.8 Å². The summed E-state index contributed by atoms with van der Waals surface area (Å²) in [6.45, 7) is 0. The molecule has 0 saturated heterocycles. The average molecular weight is 245 g/mol. The van der Waals surface area contributed by atoms with Crippen molar-refractivity contribution in [1.29, 1.82) is 0 Å². The van der Waals surface area contributed by atoms with Crippen molar-refractivity contribution in [2.45, 2.75) is 4.90 Å². The first-order valence-corrected chi connectivity index (χ1v) is 7.07. The Bertz CT molecular complexity index is 464. The van der Waals surface area contributed by atoms with Crippen molar-refractivity contribution in [3.63, 3.8) is 0 Å². The van der Waals surface area contributed by atoms with Gasteiger partial charge in [-0.25, -0.2) is 8.42 Å². The van der Waals surface area contributed by atoms with Gasteiger partial charge < -0.3 is 0 Å². The van der Waals surface area contributed by atoms with Crippen LogP contribution in [0.3, 0.4) is 0 Å². The molecule has 1 unspecified atom stereocenters. The van der Waals surface area contributed by atoms with Gasteiger partial charge in [0.1, 0.15) is 0 Å². The van der Waals surface area contributed by atoms with Gasteiger partial charge in [-0.2, -0.15) is 4.89 Å². The molecule has 1 atom stereocenters. The highest BCUT2D eigenvalue weighted by molar-refractivity contribution is 7.94. The van der Waals surface area contributed by atoms with E-state index in [0.717, 1.165) is 5.41 Å². The highest BCUT2D eigenvalue weighted by Crippen LogP contribution is 2.15. The largest absolute Gasteiger partial charge is 0.509 e. The Balaban J connectivity index is 2.86. The fraction of sp³-hybridized carbons (Fsp3) is 0.111. The Morgan fingerprint density at radius 3 is 2.40 bits per heavy atom. The first kappa shape index (κ1) is 12.0. The maximum Gasteiger partial charge on any atom is 0.509 e. The zero-order chi connectivity index (χ0) is 11.3. The van der Waals surface area contributed by atoms with Gasteiger partial charge in [0.25, 0.3) is 0 Å². The normalized spacial score (nSPS) is 13.0. The summed E-state index contributed by atoms with van der Waals surface area (Å²) in [5.74, 6) is 0. The number of allylic oxidation sites excluding steroid dienone is 1. The molecule has 0 bridgehead atoms. The van der Waals surface area contributed by atoms with E-state index in [1.807, 2.05) is 0 Å². The predicted molar refractivity (Wildman–Crippen MR) is 57.5 cm³/mol. The monoisotopic (exact) mass is 245 g/mol. The van der Waals surface area contributed by atoms with Crippen LogP contribution in [0.25, 0.3) is 0 Å². The van der Waals surface area contributed by atoms with Crippen molar-refractivity contribution >= 4 is 17.9 Å². The number of hydrogen-bond donors (Lipinski definition) is 1. The van der Waals surface area contributed by atoms with Gasteiger partial charge in [-0.15, -0.1) is 0 Å². The quantitative estimate of drug-likeness (QED) is 0.819. The SMILES string of the molecule is O=[P+](O)CC=CS(=O)(=O)c1ccccc1. The van der Waals surface area contributed by atoms with Gasteiger partial charge in [0, 0.05) is 5.41 Å². The number of sulfone groups is 1. The predicted octanol–water partition coefficient (Wildman–Crippen LogP) is 1.71. The lowest BCUT2D eigenvalue weighted by Gasteiger charge is -1.96. The van der Waals surface area contributed by atoms with E-state index in [2.05, 4.69) is 0 Å². The number of rotatable bonds is 4. The van der Waals surface area contributed by atoms with Crippen LogP contribution in [0.2, 0.25) is 0 Å². The highest BCUT2D eigenvalue weighted by atomic mass is 32.2. The first-order valence-electron chi connectivity index (χ1n) is 4.12. The Kier molecular flexibility index (Phi) is 4.15. The zero-order valence-electron chi connectivity index (χ0n) is 7.78. The van der Waals surface area contributed by atoms with Gasteiger partial charge in [0.05, 0.1) is 4.90 Å². The van der Waals surface area contributed by atoms with Crippen LogP contribution in [0.15, 0.2) is 46.7 Å². The molecule has 0 radical (unpaired) electrons. The van der Waals surface area contributed by atoms with Crippen LogP contribution < -0.4 is 0 Å². The molecule has 0 heterocycles. The molecule has 6 heteroatoms. The van der Waals surface area contributed by atoms with E-state index < -0.39 is 17.9 Å². The summed E-state index contributed by atoms with van der Waals surface area (Å²) in [6, 6.07) is 7.89. The molecule has 0 spiro atoms. The third-order valence-electron chi connectivity index (χ3n) is 1.61. The summed E-state index contributed by atoms with van der Waals surface area (Å²) in [5, 5.41) is 0.950. The first-order chi connectivity index (χ1) is 7.02. The third-order valence-corrected chi connectivity index (χ3v) is 3.61. The lowest BCUT2D eigenvalue weighted by molar-refractivity contribution is 0.506. The smallest absolute Gasteiger partial charge is 0.219 e. The van der Waals surface area contributed by atoms with Crippen LogP contribution in [-0.2, 0) is 14.4 Å². The fourth-order valence-electron chi connectivity index (χ4n) is 0.949. The van der Waals surface area contributed by atoms with Crippen LogP contribution in [0.5, 0.6) is 0 Å². The molecule has 15 heavy (non-hydrogen) atoms. The topological polar surface area (TPSA) is 71.4 Å². The van der Waals surface area contributed by atoms with E-state index in [1.165, 1.54) is 18.2 Å². The van der Waals surface area contributed by atoms with Crippen molar-refractivity contribution in [1.82, 2.24) is 0 Å². The van der Waals surface area contributed by atoms with Crippen molar-refractivity contribution in [2.24, 2.45) is 0 Å². The molecule has 1 N–H and O–H groups in total. The molecule has 0 aromatic heterocycles. The maximum atomic E-state index is 11.6. The molecular weight excluding hydrogens is 235 g/mol. The molecule has 0 aliphatic carbocycles. The summed E-state index contributed by atoms with van der Waals surface area (Å²) in [4.78, 5) is 8.66. The maximum absolute atomic E-state index is 11.6. The minimum absolute atomic E-state index is 0.151. The van der Waals surface area contributed by atoms with Crippen LogP contribution in [0.1, 0.15) is 0 Å². The second kappa shape index (κ2) is 5.16. The lowest BCUT2D eigenvalue weighted by atomic mass is 10.4. The Morgan fingerprint density at radius 2 is 1.87 bits per heavy atom. The number of benzene rings is 1. The Morgan fingerprint density at radius 1 is 1.27 bits per heavy atom. The summed E-state index contributed by atoms with van der Waals surface area (Å²) >= 11 is 0. The summed E-state index contributed by atoms with van der Waals surface area (Å²) in [7, 11) is -5.80. The van der Waals surface area contributed by atoms with Gasteiger partial charge in [-0.1, -0.05) is 18.2 Å². The third kappa shape index (κ3) is 3.91. The minimum Gasteiger partial charge on any atom is -0.219 e. The molecule has 4 nitrogen and oxygen atoms in total. The van der Waals surface area contributed by atoms with Gasteiger partial charge in [-0.05, 0) is 22.8 Å². The molecule has 0 fully saturated rings. The lowest BCUT2D eigenvalue weighted by Crippen LogP contribution is -1.95. The van der Waals surface area contributed by atoms with Crippen LogP contribution in [0.4, 0.5) is 0 Å². The molecule has 1 aromatic carbocycles. The molecule has 1 rings (SSSR count). The standard InChI is InChI=1S/C9H9O4PS/c10-14(11)7-4-8-15(12,13)9-5-2-1-3-6-9/h1-6,8H,7H2/p+1. The summed E-state index contributed by atoms with van der Waals surface area (Å²) < 4.78 is 33.4. The molecule has 0 aliphatic rings. The van der Waals surface area contributed by atoms with Crippen LogP contribution in [0, 0.1) is 0 Å². The second-order valence-corrected chi connectivity index (χ2v) is 5.67. The molecule has 0 aliphatic heterocycles. The van der Waals surface area contributed by atoms with Crippen molar-refractivity contribution in [3.8, 4) is 0 Å². The van der Waals surface area contributed by atoms with Gasteiger partial charge in [0.15, 0.2) is 16.0 Å². The minimum atomic E-state index is -3.48. The van der Waals surface area contributed by atoms with Gasteiger partial charge in [0.2, 0.25) is 0 Å². The molecule has 0 amide bonds. The second-order valence-electron chi connectivity index (χ2n) is 2.76.